The molecule has 114 valence electrons. The summed E-state index contributed by atoms with van der Waals surface area (Å²) in [5, 5.41) is 3.26. The summed E-state index contributed by atoms with van der Waals surface area (Å²) in [6, 6.07) is 0. The summed E-state index contributed by atoms with van der Waals surface area (Å²) >= 11 is 0. The maximum atomic E-state index is 6.25. The highest BCUT2D eigenvalue weighted by Gasteiger charge is 2.17. The minimum Gasteiger partial charge on any atom is -0.393 e. The van der Waals surface area contributed by atoms with Crippen LogP contribution in [0.15, 0.2) is 6.33 Å². The van der Waals surface area contributed by atoms with Crippen LogP contribution >= 0.6 is 0 Å². The lowest BCUT2D eigenvalue weighted by molar-refractivity contribution is 0.549. The largest absolute Gasteiger partial charge is 0.393 e. The van der Waals surface area contributed by atoms with Gasteiger partial charge in [-0.25, -0.2) is 9.97 Å². The van der Waals surface area contributed by atoms with E-state index in [4.69, 9.17) is 5.73 Å². The zero-order chi connectivity index (χ0) is 15.1. The minimum absolute atomic E-state index is 0.565. The number of rotatable bonds is 8. The SMILES string of the molecule is CCCNc1ncnc(N(CC(C)C)CC(C)C)c1N. The molecule has 0 aliphatic rings. The molecule has 5 heteroatoms. The van der Waals surface area contributed by atoms with E-state index in [1.807, 2.05) is 0 Å². The predicted octanol–water partition coefficient (Wildman–Crippen LogP) is 3.00. The van der Waals surface area contributed by atoms with E-state index in [2.05, 4.69) is 54.8 Å². The van der Waals surface area contributed by atoms with Gasteiger partial charge < -0.3 is 16.0 Å². The van der Waals surface area contributed by atoms with Crippen LogP contribution in [-0.4, -0.2) is 29.6 Å². The summed E-state index contributed by atoms with van der Waals surface area (Å²) in [7, 11) is 0. The van der Waals surface area contributed by atoms with Gasteiger partial charge in [-0.3, -0.25) is 0 Å². The van der Waals surface area contributed by atoms with Crippen LogP contribution < -0.4 is 16.0 Å². The van der Waals surface area contributed by atoms with Crippen molar-refractivity contribution in [1.29, 1.82) is 0 Å². The molecule has 0 amide bonds. The molecule has 0 atom stereocenters. The highest BCUT2D eigenvalue weighted by molar-refractivity contribution is 5.74. The van der Waals surface area contributed by atoms with Crippen molar-refractivity contribution in [2.45, 2.75) is 41.0 Å². The average Bonchev–Trinajstić information content (AvgIpc) is 2.35. The third kappa shape index (κ3) is 4.87. The van der Waals surface area contributed by atoms with Gasteiger partial charge in [-0.1, -0.05) is 34.6 Å². The molecule has 0 aromatic carbocycles. The summed E-state index contributed by atoms with van der Waals surface area (Å²) in [6.07, 6.45) is 2.64. The number of hydrogen-bond acceptors (Lipinski definition) is 5. The molecule has 0 bridgehead atoms. The molecular formula is C15H29N5. The lowest BCUT2D eigenvalue weighted by Crippen LogP contribution is -2.33. The van der Waals surface area contributed by atoms with Crippen LogP contribution in [0.2, 0.25) is 0 Å². The summed E-state index contributed by atoms with van der Waals surface area (Å²) in [4.78, 5) is 10.9. The molecular weight excluding hydrogens is 250 g/mol. The van der Waals surface area contributed by atoms with Crippen molar-refractivity contribution in [2.24, 2.45) is 11.8 Å². The number of aromatic nitrogens is 2. The van der Waals surface area contributed by atoms with Crippen molar-refractivity contribution in [3.63, 3.8) is 0 Å². The number of hydrogen-bond donors (Lipinski definition) is 2. The topological polar surface area (TPSA) is 67.1 Å². The molecule has 1 aromatic heterocycles. The summed E-state index contributed by atoms with van der Waals surface area (Å²) < 4.78 is 0. The fourth-order valence-electron chi connectivity index (χ4n) is 2.15. The van der Waals surface area contributed by atoms with Gasteiger partial charge in [0.15, 0.2) is 11.6 Å². The van der Waals surface area contributed by atoms with Gasteiger partial charge in [0.2, 0.25) is 0 Å². The van der Waals surface area contributed by atoms with E-state index in [9.17, 15) is 0 Å². The Morgan fingerprint density at radius 3 is 2.25 bits per heavy atom. The monoisotopic (exact) mass is 279 g/mol. The Labute approximate surface area is 123 Å². The quantitative estimate of drug-likeness (QED) is 0.765. The molecule has 20 heavy (non-hydrogen) atoms. The summed E-state index contributed by atoms with van der Waals surface area (Å²) in [5.41, 5.74) is 6.90. The second-order valence-electron chi connectivity index (χ2n) is 6.08. The maximum absolute atomic E-state index is 6.25. The Kier molecular flexibility index (Phi) is 6.55. The van der Waals surface area contributed by atoms with Gasteiger partial charge >= 0.3 is 0 Å². The van der Waals surface area contributed by atoms with E-state index in [0.717, 1.165) is 37.7 Å². The van der Waals surface area contributed by atoms with Crippen LogP contribution in [0.25, 0.3) is 0 Å². The maximum Gasteiger partial charge on any atom is 0.157 e. The molecule has 1 heterocycles. The Morgan fingerprint density at radius 1 is 1.15 bits per heavy atom. The third-order valence-corrected chi connectivity index (χ3v) is 2.88. The first-order valence-electron chi connectivity index (χ1n) is 7.54. The Morgan fingerprint density at radius 2 is 1.75 bits per heavy atom. The van der Waals surface area contributed by atoms with Crippen LogP contribution in [-0.2, 0) is 0 Å². The Balaban J connectivity index is 2.99. The number of nitrogens with zero attached hydrogens (tertiary/aromatic N) is 3. The number of nitrogens with one attached hydrogen (secondary N) is 1. The van der Waals surface area contributed by atoms with Crippen LogP contribution in [0.5, 0.6) is 0 Å². The third-order valence-electron chi connectivity index (χ3n) is 2.88. The molecule has 5 nitrogen and oxygen atoms in total. The Hall–Kier alpha value is -1.52. The van der Waals surface area contributed by atoms with Crippen molar-refractivity contribution in [3.05, 3.63) is 6.33 Å². The zero-order valence-corrected chi connectivity index (χ0v) is 13.5. The molecule has 3 N–H and O–H groups in total. The number of nitrogens with two attached hydrogens (primary N) is 1. The number of anilines is 3. The van der Waals surface area contributed by atoms with Gasteiger partial charge in [0.1, 0.15) is 12.0 Å². The van der Waals surface area contributed by atoms with Gasteiger partial charge in [0, 0.05) is 19.6 Å². The molecule has 0 saturated heterocycles. The zero-order valence-electron chi connectivity index (χ0n) is 13.5. The van der Waals surface area contributed by atoms with Gasteiger partial charge in [-0.15, -0.1) is 0 Å². The van der Waals surface area contributed by atoms with E-state index in [1.54, 1.807) is 6.33 Å². The van der Waals surface area contributed by atoms with Crippen LogP contribution in [0, 0.1) is 11.8 Å². The van der Waals surface area contributed by atoms with Crippen molar-refractivity contribution in [3.8, 4) is 0 Å². The van der Waals surface area contributed by atoms with Crippen molar-refractivity contribution >= 4 is 17.3 Å². The fourth-order valence-corrected chi connectivity index (χ4v) is 2.15. The first kappa shape index (κ1) is 16.5. The average molecular weight is 279 g/mol. The molecule has 0 spiro atoms. The smallest absolute Gasteiger partial charge is 0.157 e. The summed E-state index contributed by atoms with van der Waals surface area (Å²) in [5.74, 6) is 2.72. The van der Waals surface area contributed by atoms with Crippen molar-refractivity contribution in [1.82, 2.24) is 9.97 Å². The number of nitrogen functional groups attached to an aromatic ring is 1. The Bertz CT molecular complexity index is 393. The molecule has 0 aliphatic heterocycles. The molecule has 0 unspecified atom stereocenters. The normalized spacial score (nSPS) is 11.2. The highest BCUT2D eigenvalue weighted by atomic mass is 15.2. The van der Waals surface area contributed by atoms with Gasteiger partial charge in [-0.2, -0.15) is 0 Å². The molecule has 1 aromatic rings. The van der Waals surface area contributed by atoms with Crippen LogP contribution in [0.3, 0.4) is 0 Å². The molecule has 0 aliphatic carbocycles. The predicted molar refractivity (Wildman–Crippen MR) is 87.1 cm³/mol. The standard InChI is InChI=1S/C15H29N5/c1-6-7-17-14-13(16)15(19-10-18-14)20(8-11(2)3)9-12(4)5/h10-12H,6-9,16H2,1-5H3,(H,17,18,19). The first-order chi connectivity index (χ1) is 9.45. The van der Waals surface area contributed by atoms with Crippen molar-refractivity contribution in [2.75, 3.05) is 35.6 Å². The van der Waals surface area contributed by atoms with E-state index in [0.29, 0.717) is 17.5 Å². The van der Waals surface area contributed by atoms with Gasteiger partial charge in [-0.05, 0) is 18.3 Å². The van der Waals surface area contributed by atoms with Crippen LogP contribution in [0.1, 0.15) is 41.0 Å². The van der Waals surface area contributed by atoms with E-state index >= 15 is 0 Å². The first-order valence-corrected chi connectivity index (χ1v) is 7.54. The molecule has 0 saturated carbocycles. The second-order valence-corrected chi connectivity index (χ2v) is 6.08. The lowest BCUT2D eigenvalue weighted by atomic mass is 10.1. The van der Waals surface area contributed by atoms with E-state index < -0.39 is 0 Å². The second kappa shape index (κ2) is 7.92. The molecule has 0 radical (unpaired) electrons. The lowest BCUT2D eigenvalue weighted by Gasteiger charge is -2.28. The van der Waals surface area contributed by atoms with Gasteiger partial charge in [0.25, 0.3) is 0 Å². The minimum atomic E-state index is 0.565. The van der Waals surface area contributed by atoms with E-state index in [-0.39, 0.29) is 0 Å². The molecule has 1 rings (SSSR count). The highest BCUT2D eigenvalue weighted by Crippen LogP contribution is 2.27. The molecule has 0 fully saturated rings. The van der Waals surface area contributed by atoms with Gasteiger partial charge in [0.05, 0.1) is 0 Å². The van der Waals surface area contributed by atoms with Crippen molar-refractivity contribution < 1.29 is 0 Å². The fraction of sp³-hybridized carbons (Fsp3) is 0.733. The van der Waals surface area contributed by atoms with Crippen LogP contribution in [0.4, 0.5) is 17.3 Å². The summed E-state index contributed by atoms with van der Waals surface area (Å²) in [6.45, 7) is 13.7. The van der Waals surface area contributed by atoms with E-state index in [1.165, 1.54) is 0 Å².